The number of imide groups is 1. The van der Waals surface area contributed by atoms with E-state index in [0.717, 1.165) is 49.4 Å². The molecule has 2 atom stereocenters. The molecule has 5 aromatic rings. The van der Waals surface area contributed by atoms with Gasteiger partial charge in [0.05, 0.1) is 30.6 Å². The molecule has 18 heteroatoms. The van der Waals surface area contributed by atoms with Crippen LogP contribution in [0.4, 0.5) is 25.3 Å². The second-order valence-electron chi connectivity index (χ2n) is 19.2. The Balaban J connectivity index is 0.675. The summed E-state index contributed by atoms with van der Waals surface area (Å²) in [6.45, 7) is 3.47. The Labute approximate surface area is 388 Å². The molecule has 7 heterocycles. The number of anilines is 3. The number of piperidine rings is 1. The number of halogens is 2. The first-order valence-electron chi connectivity index (χ1n) is 22.9. The average molecular weight is 930 g/mol. The van der Waals surface area contributed by atoms with Crippen LogP contribution >= 0.6 is 11.3 Å². The van der Waals surface area contributed by atoms with E-state index in [0.29, 0.717) is 72.8 Å². The number of hydrogen-bond acceptors (Lipinski definition) is 11. The van der Waals surface area contributed by atoms with Crippen LogP contribution in [0.1, 0.15) is 96.2 Å². The van der Waals surface area contributed by atoms with Gasteiger partial charge in [0.15, 0.2) is 11.2 Å². The Morgan fingerprint density at radius 1 is 0.925 bits per heavy atom. The maximum Gasteiger partial charge on any atom is 0.255 e. The fourth-order valence-electron chi connectivity index (χ4n) is 11.1. The number of benzene rings is 3. The molecule has 67 heavy (non-hydrogen) atoms. The lowest BCUT2D eigenvalue weighted by Gasteiger charge is -2.61. The fourth-order valence-corrected chi connectivity index (χ4v) is 11.7. The van der Waals surface area contributed by atoms with Crippen LogP contribution in [0, 0.1) is 17.0 Å². The van der Waals surface area contributed by atoms with Gasteiger partial charge in [-0.3, -0.25) is 34.6 Å². The first-order chi connectivity index (χ1) is 32.3. The van der Waals surface area contributed by atoms with E-state index in [1.165, 1.54) is 28.4 Å². The number of carbonyl (C=O) groups is 5. The van der Waals surface area contributed by atoms with Gasteiger partial charge in [0.2, 0.25) is 17.7 Å². The predicted octanol–water partition coefficient (Wildman–Crippen LogP) is 5.91. The van der Waals surface area contributed by atoms with E-state index in [9.17, 15) is 29.1 Å². The first-order valence-corrected chi connectivity index (χ1v) is 23.8. The van der Waals surface area contributed by atoms with Gasteiger partial charge in [-0.1, -0.05) is 18.2 Å². The Bertz CT molecular complexity index is 2810. The molecule has 15 nitrogen and oxygen atoms in total. The Morgan fingerprint density at radius 3 is 2.45 bits per heavy atom. The third-order valence-electron chi connectivity index (χ3n) is 14.7. The third kappa shape index (κ3) is 8.02. The van der Waals surface area contributed by atoms with Crippen molar-refractivity contribution in [1.29, 1.82) is 0 Å². The molecule has 2 aromatic heterocycles. The summed E-state index contributed by atoms with van der Waals surface area (Å²) in [7, 11) is 0. The number of nitrogens with one attached hydrogen (secondary N) is 3. The summed E-state index contributed by atoms with van der Waals surface area (Å²) in [5, 5.41) is 21.8. The predicted molar refractivity (Wildman–Crippen MR) is 244 cm³/mol. The second kappa shape index (κ2) is 16.7. The largest absolute Gasteiger partial charge is 0.389 e. The number of aryl methyl sites for hydroxylation is 1. The molecular formula is C49H49F2N9O6S. The van der Waals surface area contributed by atoms with E-state index >= 15 is 8.78 Å². The van der Waals surface area contributed by atoms with Gasteiger partial charge in [-0.2, -0.15) is 0 Å². The SMILES string of the molecule is O=C1CC[C@H](Nc2ccc(C3CCC(O)(CC(=O)N4CC5(C4)CN(c4ccc(-c6cc(F)c7c(c6)C(=O)N(C(C(=O)Nc6nccs6)c6ncn8c6CCC8)C7)cc4)C5)CC3)c(F)c2)C(=O)N1. The number of imidazole rings is 1. The summed E-state index contributed by atoms with van der Waals surface area (Å²) in [5.41, 5.74) is 3.98. The minimum atomic E-state index is -1.15. The molecule has 3 saturated heterocycles. The van der Waals surface area contributed by atoms with Crippen LogP contribution in [0.2, 0.25) is 0 Å². The number of nitrogens with zero attached hydrogens (tertiary/aromatic N) is 6. The van der Waals surface area contributed by atoms with Crippen molar-refractivity contribution in [3.8, 4) is 11.1 Å². The van der Waals surface area contributed by atoms with Crippen LogP contribution in [0.3, 0.4) is 0 Å². The van der Waals surface area contributed by atoms with Crippen LogP contribution in [0.5, 0.6) is 0 Å². The minimum Gasteiger partial charge on any atom is -0.389 e. The van der Waals surface area contributed by atoms with E-state index in [1.807, 2.05) is 33.7 Å². The zero-order chi connectivity index (χ0) is 46.2. The molecule has 5 aliphatic heterocycles. The molecule has 4 fully saturated rings. The van der Waals surface area contributed by atoms with Crippen molar-refractivity contribution in [3.63, 3.8) is 0 Å². The van der Waals surface area contributed by atoms with Crippen molar-refractivity contribution in [3.05, 3.63) is 112 Å². The molecule has 1 saturated carbocycles. The van der Waals surface area contributed by atoms with E-state index < -0.39 is 47.0 Å². The van der Waals surface area contributed by atoms with Crippen LogP contribution < -0.4 is 20.9 Å². The number of likely N-dealkylation sites (tertiary alicyclic amines) is 1. The molecule has 3 aromatic carbocycles. The lowest BCUT2D eigenvalue weighted by Crippen LogP contribution is -2.73. The summed E-state index contributed by atoms with van der Waals surface area (Å²) in [6.07, 6.45) is 7.36. The van der Waals surface area contributed by atoms with Gasteiger partial charge in [0, 0.05) is 84.3 Å². The molecule has 1 unspecified atom stereocenters. The molecule has 11 rings (SSSR count). The van der Waals surface area contributed by atoms with Crippen LogP contribution in [0.15, 0.2) is 72.5 Å². The number of hydrogen-bond donors (Lipinski definition) is 4. The molecule has 6 aliphatic rings. The lowest BCUT2D eigenvalue weighted by atomic mass is 9.71. The van der Waals surface area contributed by atoms with Crippen LogP contribution in [0.25, 0.3) is 11.1 Å². The maximum absolute atomic E-state index is 15.9. The maximum atomic E-state index is 15.9. The van der Waals surface area contributed by atoms with Crippen molar-refractivity contribution in [1.82, 2.24) is 29.7 Å². The highest BCUT2D eigenvalue weighted by atomic mass is 32.1. The standard InChI is InChI=1S/C49H49F2N9O6S/c50-36-19-30(18-34-35(36)22-60(46(34)65)43(45(64)56-47-52-15-17-67-47)42-39-2-1-16-57(39)27-53-42)28-3-6-32(7-4-28)58-23-48(24-58)25-59(26-48)41(62)21-49(66)13-11-29(12-14-49)33-8-5-31(20-37(33)51)54-38-9-10-40(61)55-44(38)63/h3-8,15,17-20,27,29,38,43,54,66H,1-2,9-14,16,21-26H2,(H,52,56,64)(H,55,61,63)/t29?,38-,43?,49?/m0/s1. The number of carbonyl (C=O) groups excluding carboxylic acids is 5. The summed E-state index contributed by atoms with van der Waals surface area (Å²) in [5.74, 6) is -2.72. The first kappa shape index (κ1) is 43.1. The number of amides is 5. The average Bonchev–Trinajstić information content (AvgIpc) is 4.10. The molecular weight excluding hydrogens is 881 g/mol. The molecule has 346 valence electrons. The summed E-state index contributed by atoms with van der Waals surface area (Å²) in [4.78, 5) is 79.2. The van der Waals surface area contributed by atoms with Crippen molar-refractivity contribution in [2.75, 3.05) is 41.7 Å². The molecule has 4 N–H and O–H groups in total. The van der Waals surface area contributed by atoms with Gasteiger partial charge in [-0.25, -0.2) is 18.7 Å². The minimum absolute atomic E-state index is 0.0214. The van der Waals surface area contributed by atoms with Gasteiger partial charge in [-0.05, 0) is 104 Å². The Morgan fingerprint density at radius 2 is 1.72 bits per heavy atom. The summed E-state index contributed by atoms with van der Waals surface area (Å²) in [6, 6.07) is 14.1. The van der Waals surface area contributed by atoms with Crippen LogP contribution in [-0.4, -0.2) is 96.8 Å². The van der Waals surface area contributed by atoms with Gasteiger partial charge in [-0.15, -0.1) is 11.3 Å². The van der Waals surface area contributed by atoms with Gasteiger partial charge < -0.3 is 29.7 Å². The van der Waals surface area contributed by atoms with Crippen molar-refractivity contribution in [2.24, 2.45) is 5.41 Å². The molecule has 5 amide bonds. The highest BCUT2D eigenvalue weighted by Gasteiger charge is 2.54. The van der Waals surface area contributed by atoms with Gasteiger partial charge in [0.1, 0.15) is 17.7 Å². The van der Waals surface area contributed by atoms with Crippen molar-refractivity contribution < 1.29 is 37.9 Å². The second-order valence-corrected chi connectivity index (χ2v) is 20.1. The van der Waals surface area contributed by atoms with E-state index in [2.05, 4.69) is 30.8 Å². The van der Waals surface area contributed by atoms with E-state index in [1.54, 1.807) is 36.1 Å². The zero-order valence-corrected chi connectivity index (χ0v) is 37.4. The molecule has 1 spiro atoms. The third-order valence-corrected chi connectivity index (χ3v) is 15.4. The number of thiazole rings is 1. The highest BCUT2D eigenvalue weighted by Crippen LogP contribution is 2.46. The topological polar surface area (TPSA) is 182 Å². The van der Waals surface area contributed by atoms with E-state index in [4.69, 9.17) is 0 Å². The molecule has 1 aliphatic carbocycles. The number of rotatable bonds is 11. The normalized spacial score (nSPS) is 23.3. The Kier molecular flexibility index (Phi) is 10.7. The van der Waals surface area contributed by atoms with Crippen molar-refractivity contribution in [2.45, 2.75) is 94.5 Å². The Hall–Kier alpha value is -6.53. The lowest BCUT2D eigenvalue weighted by molar-refractivity contribution is -0.151. The molecule has 0 bridgehead atoms. The monoisotopic (exact) mass is 929 g/mol. The van der Waals surface area contributed by atoms with Crippen LogP contribution in [-0.2, 0) is 38.7 Å². The van der Waals surface area contributed by atoms with Crippen molar-refractivity contribution >= 4 is 57.4 Å². The zero-order valence-electron chi connectivity index (χ0n) is 36.6. The van der Waals surface area contributed by atoms with Gasteiger partial charge in [0.25, 0.3) is 11.8 Å². The van der Waals surface area contributed by atoms with E-state index in [-0.39, 0.29) is 53.7 Å². The number of fused-ring (bicyclic) bond motifs is 2. The van der Waals surface area contributed by atoms with Gasteiger partial charge >= 0.3 is 0 Å². The smallest absolute Gasteiger partial charge is 0.255 e. The summed E-state index contributed by atoms with van der Waals surface area (Å²) < 4.78 is 33.3. The number of aliphatic hydroxyl groups is 1. The highest BCUT2D eigenvalue weighted by molar-refractivity contribution is 7.13. The molecule has 0 radical (unpaired) electrons. The quantitative estimate of drug-likeness (QED) is 0.116. The fraction of sp³-hybridized carbons (Fsp3) is 0.408. The number of aromatic nitrogens is 3. The summed E-state index contributed by atoms with van der Waals surface area (Å²) >= 11 is 1.27.